The number of ether oxygens (including phenoxy) is 2. The topological polar surface area (TPSA) is 111 Å². The average molecular weight is 430 g/mol. The first-order valence-corrected chi connectivity index (χ1v) is 10.2. The predicted molar refractivity (Wildman–Crippen MR) is 115 cm³/mol. The molecule has 2 aromatic rings. The SMILES string of the molecule is O=[N+]([O-])c1ccccc1OCCN1CCCN(CCOc2ccccc2[N+](=O)[O-])CC1. The summed E-state index contributed by atoms with van der Waals surface area (Å²) in [6, 6.07) is 12.8. The zero-order valence-electron chi connectivity index (χ0n) is 17.2. The Morgan fingerprint density at radius 1 is 0.710 bits per heavy atom. The van der Waals surface area contributed by atoms with Crippen LogP contribution in [0.4, 0.5) is 11.4 Å². The van der Waals surface area contributed by atoms with Crippen LogP contribution in [0.1, 0.15) is 6.42 Å². The number of nitrogens with zero attached hydrogens (tertiary/aromatic N) is 4. The molecule has 2 aromatic carbocycles. The summed E-state index contributed by atoms with van der Waals surface area (Å²) in [5.41, 5.74) is -0.0496. The van der Waals surface area contributed by atoms with E-state index in [-0.39, 0.29) is 22.9 Å². The molecule has 1 fully saturated rings. The molecule has 0 amide bonds. The van der Waals surface area contributed by atoms with Gasteiger partial charge in [-0.1, -0.05) is 24.3 Å². The van der Waals surface area contributed by atoms with E-state index in [0.29, 0.717) is 26.3 Å². The third kappa shape index (κ3) is 6.63. The number of para-hydroxylation sites is 4. The minimum absolute atomic E-state index is 0.0248. The molecule has 1 saturated heterocycles. The van der Waals surface area contributed by atoms with Crippen molar-refractivity contribution in [1.82, 2.24) is 9.80 Å². The molecule has 0 bridgehead atoms. The highest BCUT2D eigenvalue weighted by atomic mass is 16.6. The molecule has 10 heteroatoms. The molecule has 0 saturated carbocycles. The van der Waals surface area contributed by atoms with E-state index < -0.39 is 9.85 Å². The monoisotopic (exact) mass is 430 g/mol. The van der Waals surface area contributed by atoms with Gasteiger partial charge in [0.05, 0.1) is 9.85 Å². The molecule has 0 aromatic heterocycles. The highest BCUT2D eigenvalue weighted by Crippen LogP contribution is 2.26. The Morgan fingerprint density at radius 2 is 1.13 bits per heavy atom. The minimum Gasteiger partial charge on any atom is -0.485 e. The first-order valence-electron chi connectivity index (χ1n) is 10.2. The number of hydrogen-bond acceptors (Lipinski definition) is 8. The quantitative estimate of drug-likeness (QED) is 0.418. The van der Waals surface area contributed by atoms with Gasteiger partial charge in [0.2, 0.25) is 0 Å². The van der Waals surface area contributed by atoms with Gasteiger partial charge in [-0.3, -0.25) is 30.0 Å². The summed E-state index contributed by atoms with van der Waals surface area (Å²) in [6.07, 6.45) is 0.983. The van der Waals surface area contributed by atoms with Gasteiger partial charge in [-0.05, 0) is 31.6 Å². The Hall–Kier alpha value is -3.24. The van der Waals surface area contributed by atoms with Crippen molar-refractivity contribution in [2.24, 2.45) is 0 Å². The maximum atomic E-state index is 11.1. The largest absolute Gasteiger partial charge is 0.485 e. The Morgan fingerprint density at radius 3 is 1.55 bits per heavy atom. The number of nitro groups is 2. The van der Waals surface area contributed by atoms with Crippen LogP contribution in [0.2, 0.25) is 0 Å². The third-order valence-electron chi connectivity index (χ3n) is 5.14. The molecule has 0 aliphatic carbocycles. The van der Waals surface area contributed by atoms with Crippen molar-refractivity contribution < 1.29 is 19.3 Å². The average Bonchev–Trinajstić information content (AvgIpc) is 2.99. The smallest absolute Gasteiger partial charge is 0.310 e. The van der Waals surface area contributed by atoms with Crippen molar-refractivity contribution >= 4 is 11.4 Å². The van der Waals surface area contributed by atoms with Crippen molar-refractivity contribution in [3.63, 3.8) is 0 Å². The molecule has 3 rings (SSSR count). The maximum Gasteiger partial charge on any atom is 0.310 e. The molecule has 31 heavy (non-hydrogen) atoms. The van der Waals surface area contributed by atoms with E-state index in [1.54, 1.807) is 36.4 Å². The van der Waals surface area contributed by atoms with Gasteiger partial charge in [0.15, 0.2) is 11.5 Å². The second kappa shape index (κ2) is 11.2. The predicted octanol–water partition coefficient (Wildman–Crippen LogP) is 2.97. The molecule has 1 aliphatic heterocycles. The Labute approximate surface area is 180 Å². The lowest BCUT2D eigenvalue weighted by Gasteiger charge is -2.21. The van der Waals surface area contributed by atoms with Crippen LogP contribution in [0.25, 0.3) is 0 Å². The van der Waals surface area contributed by atoms with Gasteiger partial charge in [-0.25, -0.2) is 0 Å². The van der Waals surface area contributed by atoms with Crippen molar-refractivity contribution in [2.75, 3.05) is 52.5 Å². The van der Waals surface area contributed by atoms with Crippen LogP contribution in [-0.4, -0.2) is 72.1 Å². The summed E-state index contributed by atoms with van der Waals surface area (Å²) < 4.78 is 11.3. The molecular weight excluding hydrogens is 404 g/mol. The van der Waals surface area contributed by atoms with E-state index in [2.05, 4.69) is 9.80 Å². The lowest BCUT2D eigenvalue weighted by molar-refractivity contribution is -0.386. The van der Waals surface area contributed by atoms with Gasteiger partial charge >= 0.3 is 11.4 Å². The first-order chi connectivity index (χ1) is 15.0. The molecular formula is C21H26N4O6. The van der Waals surface area contributed by atoms with Crippen LogP contribution >= 0.6 is 0 Å². The Bertz CT molecular complexity index is 822. The number of nitro benzene ring substituents is 2. The fourth-order valence-electron chi connectivity index (χ4n) is 3.50. The van der Waals surface area contributed by atoms with E-state index in [4.69, 9.17) is 9.47 Å². The normalized spacial score (nSPS) is 15.2. The lowest BCUT2D eigenvalue weighted by Crippen LogP contribution is -2.34. The fourth-order valence-corrected chi connectivity index (χ4v) is 3.50. The van der Waals surface area contributed by atoms with Crippen LogP contribution in [0, 0.1) is 20.2 Å². The van der Waals surface area contributed by atoms with Crippen LogP contribution in [0.15, 0.2) is 48.5 Å². The molecule has 1 aliphatic rings. The zero-order valence-corrected chi connectivity index (χ0v) is 17.2. The van der Waals surface area contributed by atoms with Gasteiger partial charge < -0.3 is 9.47 Å². The molecule has 1 heterocycles. The number of hydrogen-bond donors (Lipinski definition) is 0. The molecule has 0 N–H and O–H groups in total. The summed E-state index contributed by atoms with van der Waals surface area (Å²) in [4.78, 5) is 25.8. The molecule has 0 atom stereocenters. The van der Waals surface area contributed by atoms with Gasteiger partial charge in [0, 0.05) is 38.3 Å². The van der Waals surface area contributed by atoms with Crippen molar-refractivity contribution in [3.8, 4) is 11.5 Å². The second-order valence-corrected chi connectivity index (χ2v) is 7.18. The molecule has 0 spiro atoms. The summed E-state index contributed by atoms with van der Waals surface area (Å²) in [5, 5.41) is 22.1. The van der Waals surface area contributed by atoms with Crippen molar-refractivity contribution in [1.29, 1.82) is 0 Å². The van der Waals surface area contributed by atoms with Crippen LogP contribution < -0.4 is 9.47 Å². The lowest BCUT2D eigenvalue weighted by atomic mass is 10.3. The summed E-state index contributed by atoms with van der Waals surface area (Å²) in [5.74, 6) is 0.576. The summed E-state index contributed by atoms with van der Waals surface area (Å²) >= 11 is 0. The van der Waals surface area contributed by atoms with Crippen LogP contribution in [0.5, 0.6) is 11.5 Å². The van der Waals surface area contributed by atoms with Gasteiger partial charge in [0.1, 0.15) is 13.2 Å². The molecule has 10 nitrogen and oxygen atoms in total. The Balaban J connectivity index is 1.40. The molecule has 0 unspecified atom stereocenters. The van der Waals surface area contributed by atoms with Gasteiger partial charge in [-0.2, -0.15) is 0 Å². The van der Waals surface area contributed by atoms with Crippen LogP contribution in [0.3, 0.4) is 0 Å². The van der Waals surface area contributed by atoms with Crippen LogP contribution in [-0.2, 0) is 0 Å². The van der Waals surface area contributed by atoms with Crippen molar-refractivity contribution in [2.45, 2.75) is 6.42 Å². The number of benzene rings is 2. The highest BCUT2D eigenvalue weighted by molar-refractivity contribution is 5.46. The van der Waals surface area contributed by atoms with E-state index >= 15 is 0 Å². The minimum atomic E-state index is -0.439. The molecule has 0 radical (unpaired) electrons. The standard InChI is InChI=1S/C21H26N4O6/c26-24(27)18-6-1-3-8-20(18)30-16-14-22-10-5-11-23(13-12-22)15-17-31-21-9-4-2-7-19(21)25(28)29/h1-4,6-9H,5,10-17H2. The maximum absolute atomic E-state index is 11.1. The summed E-state index contributed by atoms with van der Waals surface area (Å²) in [6.45, 7) is 5.68. The van der Waals surface area contributed by atoms with E-state index in [1.165, 1.54) is 12.1 Å². The molecule has 166 valence electrons. The van der Waals surface area contributed by atoms with Crippen molar-refractivity contribution in [3.05, 3.63) is 68.8 Å². The Kier molecular flexibility index (Phi) is 8.13. The van der Waals surface area contributed by atoms with E-state index in [1.807, 2.05) is 0 Å². The van der Waals surface area contributed by atoms with E-state index in [9.17, 15) is 20.2 Å². The van der Waals surface area contributed by atoms with Gasteiger partial charge in [0.25, 0.3) is 0 Å². The third-order valence-corrected chi connectivity index (χ3v) is 5.14. The van der Waals surface area contributed by atoms with E-state index in [0.717, 1.165) is 32.6 Å². The summed E-state index contributed by atoms with van der Waals surface area (Å²) in [7, 11) is 0. The highest BCUT2D eigenvalue weighted by Gasteiger charge is 2.18. The van der Waals surface area contributed by atoms with Gasteiger partial charge in [-0.15, -0.1) is 0 Å². The number of rotatable bonds is 10. The first kappa shape index (κ1) is 22.4. The zero-order chi connectivity index (χ0) is 22.1. The second-order valence-electron chi connectivity index (χ2n) is 7.18. The fraction of sp³-hybridized carbons (Fsp3) is 0.429.